The fourth-order valence-electron chi connectivity index (χ4n) is 1.72. The molecule has 0 spiro atoms. The maximum absolute atomic E-state index is 11.8. The van der Waals surface area contributed by atoms with Crippen molar-refractivity contribution in [1.29, 1.82) is 0 Å². The van der Waals surface area contributed by atoms with E-state index in [2.05, 4.69) is 0 Å². The number of carbonyl (C=O) groups excluding carboxylic acids is 2. The molecule has 0 unspecified atom stereocenters. The van der Waals surface area contributed by atoms with E-state index in [-0.39, 0.29) is 6.61 Å². The molecule has 0 heterocycles. The molecular weight excluding hydrogens is 256 g/mol. The Labute approximate surface area is 116 Å². The van der Waals surface area contributed by atoms with Crippen molar-refractivity contribution >= 4 is 12.3 Å². The van der Waals surface area contributed by atoms with Crippen LogP contribution in [0.3, 0.4) is 0 Å². The highest BCUT2D eigenvalue weighted by Gasteiger charge is 2.14. The number of carbonyl (C=O) groups is 2. The van der Waals surface area contributed by atoms with Crippen molar-refractivity contribution in [3.63, 3.8) is 0 Å². The molecule has 0 saturated carbocycles. The Morgan fingerprint density at radius 3 is 2.40 bits per heavy atom. The Morgan fingerprint density at radius 2 is 1.70 bits per heavy atom. The fourth-order valence-corrected chi connectivity index (χ4v) is 1.72. The van der Waals surface area contributed by atoms with Crippen molar-refractivity contribution in [3.8, 4) is 11.5 Å². The molecule has 0 fully saturated rings. The third-order valence-electron chi connectivity index (χ3n) is 2.65. The van der Waals surface area contributed by atoms with Gasteiger partial charge in [0, 0.05) is 0 Å². The van der Waals surface area contributed by atoms with Gasteiger partial charge in [-0.2, -0.15) is 0 Å². The Morgan fingerprint density at radius 1 is 1.05 bits per heavy atom. The van der Waals surface area contributed by atoms with Gasteiger partial charge >= 0.3 is 5.97 Å². The molecule has 0 aromatic heterocycles. The average molecular weight is 270 g/mol. The van der Waals surface area contributed by atoms with Crippen LogP contribution in [0.25, 0.3) is 0 Å². The van der Waals surface area contributed by atoms with E-state index in [1.54, 1.807) is 55.5 Å². The summed E-state index contributed by atoms with van der Waals surface area (Å²) < 4.78 is 10.6. The molecule has 0 atom stereocenters. The minimum atomic E-state index is -0.452. The van der Waals surface area contributed by atoms with Crippen molar-refractivity contribution < 1.29 is 19.1 Å². The second kappa shape index (κ2) is 6.52. The van der Waals surface area contributed by atoms with E-state index in [9.17, 15) is 9.59 Å². The second-order valence-corrected chi connectivity index (χ2v) is 3.97. The summed E-state index contributed by atoms with van der Waals surface area (Å²) in [7, 11) is 0. The normalized spacial score (nSPS) is 9.85. The van der Waals surface area contributed by atoms with Crippen LogP contribution in [0.15, 0.2) is 48.5 Å². The molecule has 0 aliphatic rings. The highest BCUT2D eigenvalue weighted by molar-refractivity contribution is 5.92. The van der Waals surface area contributed by atoms with Crippen LogP contribution in [-0.2, 0) is 4.74 Å². The Kier molecular flexibility index (Phi) is 4.50. The average Bonchev–Trinajstić information content (AvgIpc) is 2.48. The van der Waals surface area contributed by atoms with Crippen LogP contribution in [0.4, 0.5) is 0 Å². The lowest BCUT2D eigenvalue weighted by Crippen LogP contribution is -2.06. The van der Waals surface area contributed by atoms with E-state index >= 15 is 0 Å². The van der Waals surface area contributed by atoms with Gasteiger partial charge in [0.25, 0.3) is 0 Å². The predicted molar refractivity (Wildman–Crippen MR) is 74.3 cm³/mol. The third-order valence-corrected chi connectivity index (χ3v) is 2.65. The zero-order chi connectivity index (χ0) is 14.4. The van der Waals surface area contributed by atoms with Gasteiger partial charge in [0.15, 0.2) is 6.29 Å². The van der Waals surface area contributed by atoms with E-state index in [4.69, 9.17) is 9.47 Å². The fraction of sp³-hybridized carbons (Fsp3) is 0.125. The number of rotatable bonds is 5. The molecule has 0 aliphatic carbocycles. The zero-order valence-electron chi connectivity index (χ0n) is 11.0. The van der Waals surface area contributed by atoms with Gasteiger partial charge in [-0.25, -0.2) is 4.79 Å². The molecule has 0 saturated heterocycles. The summed E-state index contributed by atoms with van der Waals surface area (Å²) in [5.74, 6) is 0.311. The van der Waals surface area contributed by atoms with Crippen LogP contribution < -0.4 is 4.74 Å². The maximum Gasteiger partial charge on any atom is 0.341 e. The van der Waals surface area contributed by atoms with Gasteiger partial charge in [-0.3, -0.25) is 4.79 Å². The van der Waals surface area contributed by atoms with Gasteiger partial charge in [0.05, 0.1) is 12.2 Å². The lowest BCUT2D eigenvalue weighted by atomic mass is 10.2. The molecule has 0 amide bonds. The first kappa shape index (κ1) is 13.8. The number of benzene rings is 2. The van der Waals surface area contributed by atoms with Crippen molar-refractivity contribution in [2.75, 3.05) is 6.61 Å². The lowest BCUT2D eigenvalue weighted by molar-refractivity contribution is 0.0523. The molecule has 20 heavy (non-hydrogen) atoms. The van der Waals surface area contributed by atoms with E-state index in [1.165, 1.54) is 0 Å². The van der Waals surface area contributed by atoms with Crippen LogP contribution in [0, 0.1) is 0 Å². The first-order valence-electron chi connectivity index (χ1n) is 6.24. The van der Waals surface area contributed by atoms with Crippen LogP contribution in [0.5, 0.6) is 11.5 Å². The molecule has 4 heteroatoms. The van der Waals surface area contributed by atoms with E-state index in [0.717, 1.165) is 0 Å². The van der Waals surface area contributed by atoms with E-state index in [1.807, 2.05) is 0 Å². The van der Waals surface area contributed by atoms with Gasteiger partial charge in [-0.05, 0) is 31.2 Å². The van der Waals surface area contributed by atoms with Gasteiger partial charge in [0.1, 0.15) is 17.1 Å². The Hall–Kier alpha value is -2.62. The molecular formula is C16H14O4. The summed E-state index contributed by atoms with van der Waals surface area (Å²) in [6.07, 6.45) is 0.711. The van der Waals surface area contributed by atoms with Crippen molar-refractivity contribution in [2.24, 2.45) is 0 Å². The number of aldehydes is 1. The van der Waals surface area contributed by atoms with Gasteiger partial charge in [0.2, 0.25) is 0 Å². The summed E-state index contributed by atoms with van der Waals surface area (Å²) in [6.45, 7) is 2.03. The summed E-state index contributed by atoms with van der Waals surface area (Å²) in [6, 6.07) is 13.6. The van der Waals surface area contributed by atoms with Gasteiger partial charge in [-0.15, -0.1) is 0 Å². The monoisotopic (exact) mass is 270 g/mol. The third kappa shape index (κ3) is 3.03. The van der Waals surface area contributed by atoms with Crippen LogP contribution in [0.2, 0.25) is 0 Å². The highest BCUT2D eigenvalue weighted by atomic mass is 16.5. The molecule has 0 bridgehead atoms. The molecule has 2 aromatic rings. The summed E-state index contributed by atoms with van der Waals surface area (Å²) in [5.41, 5.74) is 0.751. The maximum atomic E-state index is 11.8. The van der Waals surface area contributed by atoms with Crippen LogP contribution in [0.1, 0.15) is 27.6 Å². The van der Waals surface area contributed by atoms with Crippen molar-refractivity contribution in [3.05, 3.63) is 59.7 Å². The lowest BCUT2D eigenvalue weighted by Gasteiger charge is -2.11. The smallest absolute Gasteiger partial charge is 0.341 e. The molecule has 2 aromatic carbocycles. The highest BCUT2D eigenvalue weighted by Crippen LogP contribution is 2.27. The van der Waals surface area contributed by atoms with E-state index < -0.39 is 5.97 Å². The summed E-state index contributed by atoms with van der Waals surface area (Å²) in [4.78, 5) is 22.8. The summed E-state index contributed by atoms with van der Waals surface area (Å²) >= 11 is 0. The van der Waals surface area contributed by atoms with Gasteiger partial charge in [-0.1, -0.05) is 24.3 Å². The van der Waals surface area contributed by atoms with Crippen LogP contribution in [-0.4, -0.2) is 18.9 Å². The predicted octanol–water partition coefficient (Wildman–Crippen LogP) is 3.47. The standard InChI is InChI=1S/C16H14O4/c1-2-19-16(18)13-8-4-6-10-15(13)20-14-9-5-3-7-12(14)11-17/h3-11H,2H2,1H3. The zero-order valence-corrected chi connectivity index (χ0v) is 11.0. The molecule has 0 N–H and O–H groups in total. The Bertz CT molecular complexity index is 619. The Balaban J connectivity index is 2.34. The number of hydrogen-bond acceptors (Lipinski definition) is 4. The molecule has 102 valence electrons. The first-order valence-corrected chi connectivity index (χ1v) is 6.24. The minimum absolute atomic E-state index is 0.290. The van der Waals surface area contributed by atoms with Crippen molar-refractivity contribution in [2.45, 2.75) is 6.92 Å². The second-order valence-electron chi connectivity index (χ2n) is 3.97. The number of hydrogen-bond donors (Lipinski definition) is 0. The minimum Gasteiger partial charge on any atom is -0.462 e. The molecule has 2 rings (SSSR count). The number of ether oxygens (including phenoxy) is 2. The quantitative estimate of drug-likeness (QED) is 0.616. The molecule has 0 radical (unpaired) electrons. The first-order chi connectivity index (χ1) is 9.76. The van der Waals surface area contributed by atoms with Crippen molar-refractivity contribution in [1.82, 2.24) is 0 Å². The SMILES string of the molecule is CCOC(=O)c1ccccc1Oc1ccccc1C=O. The molecule has 0 aliphatic heterocycles. The number of esters is 1. The largest absolute Gasteiger partial charge is 0.462 e. The van der Waals surface area contributed by atoms with Crippen LogP contribution >= 0.6 is 0 Å². The number of para-hydroxylation sites is 2. The topological polar surface area (TPSA) is 52.6 Å². The van der Waals surface area contributed by atoms with E-state index in [0.29, 0.717) is 28.9 Å². The van der Waals surface area contributed by atoms with Gasteiger partial charge < -0.3 is 9.47 Å². The summed E-state index contributed by atoms with van der Waals surface area (Å²) in [5, 5.41) is 0. The molecule has 4 nitrogen and oxygen atoms in total.